The third kappa shape index (κ3) is 2.11. The molecule has 1 aliphatic carbocycles. The minimum atomic E-state index is 0.645. The highest BCUT2D eigenvalue weighted by Crippen LogP contribution is 2.28. The number of hydrogen-bond acceptors (Lipinski definition) is 1. The third-order valence-electron chi connectivity index (χ3n) is 3.38. The van der Waals surface area contributed by atoms with Gasteiger partial charge in [-0.2, -0.15) is 0 Å². The fourth-order valence-electron chi connectivity index (χ4n) is 2.32. The van der Waals surface area contributed by atoms with Crippen LogP contribution in [0.2, 0.25) is 0 Å². The quantitative estimate of drug-likeness (QED) is 0.762. The highest BCUT2D eigenvalue weighted by molar-refractivity contribution is 4.97. The van der Waals surface area contributed by atoms with Gasteiger partial charge in [0.15, 0.2) is 0 Å². The van der Waals surface area contributed by atoms with Gasteiger partial charge in [0, 0.05) is 18.4 Å². The summed E-state index contributed by atoms with van der Waals surface area (Å²) in [6.07, 6.45) is 8.21. The van der Waals surface area contributed by atoms with E-state index in [9.17, 15) is 0 Å². The summed E-state index contributed by atoms with van der Waals surface area (Å²) in [6.45, 7) is 4.71. The Morgan fingerprint density at radius 2 is 1.86 bits per heavy atom. The number of hydrogen-bond donors (Lipinski definition) is 1. The molecule has 1 aromatic heterocycles. The Labute approximate surface area is 86.3 Å². The lowest BCUT2D eigenvalue weighted by Crippen LogP contribution is -2.37. The maximum Gasteiger partial charge on any atom is 0.0452 e. The van der Waals surface area contributed by atoms with Crippen LogP contribution < -0.4 is 5.43 Å². The van der Waals surface area contributed by atoms with Crippen molar-refractivity contribution in [1.29, 1.82) is 0 Å². The summed E-state index contributed by atoms with van der Waals surface area (Å²) in [6, 6.07) is 4.76. The molecule has 2 rings (SSSR count). The van der Waals surface area contributed by atoms with Crippen LogP contribution in [0.3, 0.4) is 0 Å². The lowest BCUT2D eigenvalue weighted by atomic mass is 9.80. The summed E-state index contributed by atoms with van der Waals surface area (Å²) in [5.74, 6) is 1.67. The standard InChI is InChI=1S/C12H20N2/c1-10-5-6-11(2)12(9-10)13-14-7-3-4-8-14/h3-4,7-8,10-13H,5-6,9H2,1-2H3. The van der Waals surface area contributed by atoms with Crippen LogP contribution in [-0.4, -0.2) is 10.7 Å². The summed E-state index contributed by atoms with van der Waals surface area (Å²) >= 11 is 0. The molecule has 1 fully saturated rings. The van der Waals surface area contributed by atoms with Gasteiger partial charge in [-0.05, 0) is 36.8 Å². The van der Waals surface area contributed by atoms with Gasteiger partial charge in [-0.15, -0.1) is 0 Å². The minimum Gasteiger partial charge on any atom is -0.323 e. The Kier molecular flexibility index (Phi) is 2.80. The van der Waals surface area contributed by atoms with E-state index in [2.05, 4.69) is 48.5 Å². The van der Waals surface area contributed by atoms with E-state index in [1.165, 1.54) is 19.3 Å². The molecule has 3 atom stereocenters. The first-order valence-electron chi connectivity index (χ1n) is 5.65. The molecule has 78 valence electrons. The molecular weight excluding hydrogens is 172 g/mol. The van der Waals surface area contributed by atoms with Gasteiger partial charge in [-0.1, -0.05) is 20.3 Å². The number of nitrogens with zero attached hydrogens (tertiary/aromatic N) is 1. The maximum absolute atomic E-state index is 3.56. The predicted molar refractivity (Wildman–Crippen MR) is 59.8 cm³/mol. The van der Waals surface area contributed by atoms with Gasteiger partial charge < -0.3 is 5.43 Å². The molecule has 3 unspecified atom stereocenters. The van der Waals surface area contributed by atoms with Gasteiger partial charge in [0.2, 0.25) is 0 Å². The molecule has 0 radical (unpaired) electrons. The van der Waals surface area contributed by atoms with Crippen LogP contribution in [0, 0.1) is 11.8 Å². The van der Waals surface area contributed by atoms with Crippen molar-refractivity contribution in [3.63, 3.8) is 0 Å². The molecule has 0 saturated heterocycles. The summed E-state index contributed by atoms with van der Waals surface area (Å²) in [7, 11) is 0. The topological polar surface area (TPSA) is 17.0 Å². The van der Waals surface area contributed by atoms with Crippen LogP contribution in [0.5, 0.6) is 0 Å². The molecule has 1 N–H and O–H groups in total. The van der Waals surface area contributed by atoms with Crippen molar-refractivity contribution in [2.24, 2.45) is 11.8 Å². The van der Waals surface area contributed by atoms with Crippen molar-refractivity contribution in [1.82, 2.24) is 4.68 Å². The summed E-state index contributed by atoms with van der Waals surface area (Å²) in [5.41, 5.74) is 3.56. The Morgan fingerprint density at radius 1 is 1.14 bits per heavy atom. The SMILES string of the molecule is CC1CCC(C)C(Nn2cccc2)C1. The minimum absolute atomic E-state index is 0.645. The second kappa shape index (κ2) is 4.07. The monoisotopic (exact) mass is 192 g/mol. The highest BCUT2D eigenvalue weighted by atomic mass is 15.4. The summed E-state index contributed by atoms with van der Waals surface area (Å²) < 4.78 is 2.08. The predicted octanol–water partition coefficient (Wildman–Crippen LogP) is 2.86. The molecular formula is C12H20N2. The lowest BCUT2D eigenvalue weighted by molar-refractivity contribution is 0.268. The van der Waals surface area contributed by atoms with Crippen LogP contribution in [0.4, 0.5) is 0 Å². The Hall–Kier alpha value is -0.920. The van der Waals surface area contributed by atoms with Gasteiger partial charge in [0.05, 0.1) is 0 Å². The van der Waals surface area contributed by atoms with Crippen molar-refractivity contribution in [3.05, 3.63) is 24.5 Å². The second-order valence-corrected chi connectivity index (χ2v) is 4.72. The van der Waals surface area contributed by atoms with Crippen LogP contribution in [-0.2, 0) is 0 Å². The van der Waals surface area contributed by atoms with E-state index >= 15 is 0 Å². The van der Waals surface area contributed by atoms with Gasteiger partial charge in [-0.3, -0.25) is 4.68 Å². The van der Waals surface area contributed by atoms with Crippen LogP contribution in [0.25, 0.3) is 0 Å². The number of rotatable bonds is 2. The van der Waals surface area contributed by atoms with E-state index in [0.29, 0.717) is 6.04 Å². The van der Waals surface area contributed by atoms with E-state index < -0.39 is 0 Å². The van der Waals surface area contributed by atoms with Crippen LogP contribution in [0.15, 0.2) is 24.5 Å². The van der Waals surface area contributed by atoms with Gasteiger partial charge in [0.25, 0.3) is 0 Å². The Bertz CT molecular complexity index is 266. The zero-order chi connectivity index (χ0) is 9.97. The normalized spacial score (nSPS) is 32.9. The lowest BCUT2D eigenvalue weighted by Gasteiger charge is -2.34. The van der Waals surface area contributed by atoms with Crippen molar-refractivity contribution in [2.45, 2.75) is 39.2 Å². The zero-order valence-corrected chi connectivity index (χ0v) is 9.11. The molecule has 0 amide bonds. The van der Waals surface area contributed by atoms with E-state index in [4.69, 9.17) is 0 Å². The molecule has 2 nitrogen and oxygen atoms in total. The van der Waals surface area contributed by atoms with E-state index in [1.54, 1.807) is 0 Å². The molecule has 0 bridgehead atoms. The third-order valence-corrected chi connectivity index (χ3v) is 3.38. The van der Waals surface area contributed by atoms with Crippen molar-refractivity contribution in [3.8, 4) is 0 Å². The van der Waals surface area contributed by atoms with E-state index in [1.807, 2.05) is 0 Å². The van der Waals surface area contributed by atoms with Gasteiger partial charge in [0.1, 0.15) is 0 Å². The zero-order valence-electron chi connectivity index (χ0n) is 9.11. The maximum atomic E-state index is 3.56. The van der Waals surface area contributed by atoms with Crippen LogP contribution >= 0.6 is 0 Å². The summed E-state index contributed by atoms with van der Waals surface area (Å²) in [5, 5.41) is 0. The van der Waals surface area contributed by atoms with Crippen molar-refractivity contribution < 1.29 is 0 Å². The molecule has 1 heterocycles. The first kappa shape index (κ1) is 9.63. The molecule has 0 spiro atoms. The fraction of sp³-hybridized carbons (Fsp3) is 0.667. The molecule has 1 saturated carbocycles. The largest absolute Gasteiger partial charge is 0.323 e. The highest BCUT2D eigenvalue weighted by Gasteiger charge is 2.25. The van der Waals surface area contributed by atoms with Crippen molar-refractivity contribution >= 4 is 0 Å². The average Bonchev–Trinajstić information content (AvgIpc) is 2.64. The van der Waals surface area contributed by atoms with Gasteiger partial charge >= 0.3 is 0 Å². The van der Waals surface area contributed by atoms with E-state index in [0.717, 1.165) is 11.8 Å². The fourth-order valence-corrected chi connectivity index (χ4v) is 2.32. The Balaban J connectivity index is 1.95. The van der Waals surface area contributed by atoms with Gasteiger partial charge in [-0.25, -0.2) is 0 Å². The number of aromatic nitrogens is 1. The molecule has 1 aliphatic rings. The Morgan fingerprint density at radius 3 is 2.57 bits per heavy atom. The van der Waals surface area contributed by atoms with Crippen molar-refractivity contribution in [2.75, 3.05) is 5.43 Å². The first-order valence-corrected chi connectivity index (χ1v) is 5.65. The molecule has 2 heteroatoms. The molecule has 0 aliphatic heterocycles. The number of nitrogens with one attached hydrogen (secondary N) is 1. The summed E-state index contributed by atoms with van der Waals surface area (Å²) in [4.78, 5) is 0. The molecule has 0 aromatic carbocycles. The molecule has 1 aromatic rings. The average molecular weight is 192 g/mol. The molecule has 14 heavy (non-hydrogen) atoms. The first-order chi connectivity index (χ1) is 6.75. The van der Waals surface area contributed by atoms with Crippen LogP contribution in [0.1, 0.15) is 33.1 Å². The second-order valence-electron chi connectivity index (χ2n) is 4.72. The smallest absolute Gasteiger partial charge is 0.0452 e. The van der Waals surface area contributed by atoms with E-state index in [-0.39, 0.29) is 0 Å².